The maximum absolute atomic E-state index is 14.5. The van der Waals surface area contributed by atoms with E-state index >= 15 is 0 Å². The lowest BCUT2D eigenvalue weighted by molar-refractivity contribution is -0.322. The van der Waals surface area contributed by atoms with Gasteiger partial charge in [-0.15, -0.1) is 0 Å². The van der Waals surface area contributed by atoms with Crippen LogP contribution in [0.25, 0.3) is 0 Å². The van der Waals surface area contributed by atoms with Gasteiger partial charge in [0.25, 0.3) is 0 Å². The summed E-state index contributed by atoms with van der Waals surface area (Å²) in [5.74, 6) is -5.82. The molecule has 4 rings (SSSR count). The van der Waals surface area contributed by atoms with E-state index in [9.17, 15) is 34.7 Å². The zero-order valence-electron chi connectivity index (χ0n) is 38.5. The average Bonchev–Trinajstić information content (AvgIpc) is 3.22. The van der Waals surface area contributed by atoms with E-state index in [1.165, 1.54) is 28.1 Å². The zero-order chi connectivity index (χ0) is 46.5. The molecule has 0 aromatic rings. The molecule has 352 valence electrons. The van der Waals surface area contributed by atoms with Crippen LogP contribution in [0.2, 0.25) is 0 Å². The normalized spacial score (nSPS) is 43.7. The van der Waals surface area contributed by atoms with E-state index in [0.717, 1.165) is 6.08 Å². The van der Waals surface area contributed by atoms with Crippen LogP contribution in [0.4, 0.5) is 0 Å². The molecular formula is C44H71N3O15. The quantitative estimate of drug-likeness (QED) is 0.163. The van der Waals surface area contributed by atoms with Crippen molar-refractivity contribution in [3.8, 4) is 6.07 Å². The van der Waals surface area contributed by atoms with E-state index in [4.69, 9.17) is 42.6 Å². The Labute approximate surface area is 366 Å². The Morgan fingerprint density at radius 1 is 1.03 bits per heavy atom. The number of nitrogens with one attached hydrogen (secondary N) is 1. The molecule has 1 amide bonds. The number of likely N-dealkylation sites (N-methyl/N-ethyl adjacent to an activating group) is 1. The minimum Gasteiger partial charge on any atom is -0.459 e. The molecule has 4 aliphatic rings. The second kappa shape index (κ2) is 21.2. The molecule has 0 radical (unpaired) electrons. The van der Waals surface area contributed by atoms with Gasteiger partial charge in [-0.1, -0.05) is 20.4 Å². The van der Waals surface area contributed by atoms with Gasteiger partial charge in [-0.25, -0.2) is 4.79 Å². The summed E-state index contributed by atoms with van der Waals surface area (Å²) in [5, 5.41) is 35.6. The molecule has 0 unspecified atom stereocenters. The van der Waals surface area contributed by atoms with Crippen LogP contribution in [-0.2, 0) is 61.8 Å². The summed E-state index contributed by atoms with van der Waals surface area (Å²) in [4.78, 5) is 57.1. The zero-order valence-corrected chi connectivity index (χ0v) is 38.5. The van der Waals surface area contributed by atoms with Crippen LogP contribution in [0.3, 0.4) is 0 Å². The summed E-state index contributed by atoms with van der Waals surface area (Å²) >= 11 is 0. The Morgan fingerprint density at radius 3 is 2.29 bits per heavy atom. The number of fused-ring (bicyclic) bond motifs is 4. The molecule has 62 heavy (non-hydrogen) atoms. The van der Waals surface area contributed by atoms with Crippen molar-refractivity contribution in [1.29, 1.82) is 5.26 Å². The highest BCUT2D eigenvalue weighted by atomic mass is 16.7. The summed E-state index contributed by atoms with van der Waals surface area (Å²) in [6.45, 7) is 18.9. The first-order valence-electron chi connectivity index (χ1n) is 21.7. The number of esters is 3. The molecule has 0 aromatic carbocycles. The lowest BCUT2D eigenvalue weighted by Gasteiger charge is -2.50. The molecule has 18 nitrogen and oxygen atoms in total. The van der Waals surface area contributed by atoms with Crippen LogP contribution in [0.5, 0.6) is 0 Å². The second-order valence-electron chi connectivity index (χ2n) is 18.2. The number of cyclic esters (lactones) is 1. The Kier molecular flexibility index (Phi) is 17.5. The molecule has 2 bridgehead atoms. The molecule has 0 aliphatic carbocycles. The molecule has 18 atom stereocenters. The van der Waals surface area contributed by atoms with E-state index in [1.807, 2.05) is 18.9 Å². The first-order valence-corrected chi connectivity index (χ1v) is 21.7. The standard InChI is InChI=1S/C44H71N3O15/c1-14-30-44(10,53)36(50)26(6)46-39(51)28-20-32(49)59-35-29(47(11)18-16-17-45)19-23(3)56-41(35)62-37(42(8,21-28)54-12)24(4)34(25(5)40(52)58-30)61-33-22-43(9,55-13)38(27(7)57-33)60-31(48)15-2/h15,23-30,33-38,41,50,53H,2,14,16,18-22H2,1,3-13H3,(H,46,51)/t23-,24+,25-,26-,27+,28-,29+,30-,33+,34+,35-,36-,37-,38+,41+,42-,43-,44-/m1/s1. The maximum Gasteiger partial charge on any atom is 0.330 e. The number of ether oxygens (including phenoxy) is 9. The number of nitrogens with zero attached hydrogens (tertiary/aromatic N) is 2. The molecule has 3 N–H and O–H groups in total. The number of hydrogen-bond acceptors (Lipinski definition) is 17. The topological polar surface area (TPSA) is 231 Å². The number of amides is 1. The summed E-state index contributed by atoms with van der Waals surface area (Å²) in [6, 6.07) is 0.609. The van der Waals surface area contributed by atoms with Gasteiger partial charge in [-0.3, -0.25) is 19.3 Å². The van der Waals surface area contributed by atoms with Crippen molar-refractivity contribution in [2.24, 2.45) is 17.8 Å². The fraction of sp³-hybridized carbons (Fsp3) is 0.841. The smallest absolute Gasteiger partial charge is 0.330 e. The first-order chi connectivity index (χ1) is 29.0. The summed E-state index contributed by atoms with van der Waals surface area (Å²) in [6.07, 6.45) is -9.07. The van der Waals surface area contributed by atoms with Crippen LogP contribution in [-0.4, -0.2) is 157 Å². The number of nitriles is 1. The average molecular weight is 882 g/mol. The van der Waals surface area contributed by atoms with Crippen molar-refractivity contribution in [1.82, 2.24) is 10.2 Å². The number of carbonyl (C=O) groups is 4. The van der Waals surface area contributed by atoms with Gasteiger partial charge in [-0.05, 0) is 74.8 Å². The highest BCUT2D eigenvalue weighted by Gasteiger charge is 2.55. The molecule has 0 aromatic heterocycles. The van der Waals surface area contributed by atoms with Crippen LogP contribution in [0.1, 0.15) is 101 Å². The third-order valence-electron chi connectivity index (χ3n) is 13.5. The highest BCUT2D eigenvalue weighted by molar-refractivity contribution is 5.84. The fourth-order valence-electron chi connectivity index (χ4n) is 9.65. The lowest BCUT2D eigenvalue weighted by Crippen LogP contribution is -2.62. The third kappa shape index (κ3) is 11.3. The van der Waals surface area contributed by atoms with E-state index in [1.54, 1.807) is 41.5 Å². The van der Waals surface area contributed by atoms with Crippen molar-refractivity contribution >= 4 is 23.8 Å². The first kappa shape index (κ1) is 51.4. The van der Waals surface area contributed by atoms with Gasteiger partial charge >= 0.3 is 17.9 Å². The van der Waals surface area contributed by atoms with Gasteiger partial charge in [0.1, 0.15) is 23.4 Å². The van der Waals surface area contributed by atoms with Crippen molar-refractivity contribution in [2.45, 2.75) is 191 Å². The van der Waals surface area contributed by atoms with Crippen LogP contribution < -0.4 is 5.32 Å². The van der Waals surface area contributed by atoms with Crippen LogP contribution in [0, 0.1) is 29.1 Å². The fourth-order valence-corrected chi connectivity index (χ4v) is 9.65. The van der Waals surface area contributed by atoms with Gasteiger partial charge < -0.3 is 58.2 Å². The number of methoxy groups -OCH3 is 2. The number of hydrogen-bond donors (Lipinski definition) is 3. The van der Waals surface area contributed by atoms with Gasteiger partial charge in [0, 0.05) is 45.6 Å². The second-order valence-corrected chi connectivity index (χ2v) is 18.2. The maximum atomic E-state index is 14.5. The highest BCUT2D eigenvalue weighted by Crippen LogP contribution is 2.43. The Hall–Kier alpha value is -3.25. The molecular weight excluding hydrogens is 810 g/mol. The third-order valence-corrected chi connectivity index (χ3v) is 13.5. The number of carbonyl (C=O) groups excluding carboxylic acids is 4. The van der Waals surface area contributed by atoms with Crippen LogP contribution >= 0.6 is 0 Å². The summed E-state index contributed by atoms with van der Waals surface area (Å²) < 4.78 is 56.9. The van der Waals surface area contributed by atoms with Crippen LogP contribution in [0.15, 0.2) is 12.7 Å². The molecule has 0 saturated carbocycles. The Bertz CT molecular complexity index is 1630. The minimum absolute atomic E-state index is 0.0393. The molecule has 4 saturated heterocycles. The Balaban J connectivity index is 1.93. The Morgan fingerprint density at radius 2 is 1.69 bits per heavy atom. The van der Waals surface area contributed by atoms with Crippen molar-refractivity contribution in [2.75, 3.05) is 27.8 Å². The molecule has 18 heteroatoms. The van der Waals surface area contributed by atoms with E-state index < -0.39 is 138 Å². The van der Waals surface area contributed by atoms with E-state index in [2.05, 4.69) is 18.0 Å². The largest absolute Gasteiger partial charge is 0.459 e. The van der Waals surface area contributed by atoms with Crippen molar-refractivity contribution < 1.29 is 72.0 Å². The molecule has 4 fully saturated rings. The number of rotatable bonds is 10. The SMILES string of the molecule is C=CC(=O)O[C@H]1[C@H](C)O[C@@H](O[C@H]2[C@H](C)[C@H]3O[C@@H]4O[C@H](C)C[C@H](N(C)CCC#N)[C@H]4OC(=O)C[C@H](C[C@@]3(C)OC)C(=O)N[C@H](C)[C@@H](O)[C@](C)(O)[C@@H](CC)OC(=O)[C@@H]2C)C[C@@]1(C)OC. The lowest BCUT2D eigenvalue weighted by atomic mass is 9.76. The van der Waals surface area contributed by atoms with Gasteiger partial charge in [-0.2, -0.15) is 5.26 Å². The summed E-state index contributed by atoms with van der Waals surface area (Å²) in [5.41, 5.74) is -4.59. The number of aliphatic hydroxyl groups excluding tert-OH is 1. The number of aliphatic hydroxyl groups is 2. The van der Waals surface area contributed by atoms with Gasteiger partial charge in [0.2, 0.25) is 5.91 Å². The van der Waals surface area contributed by atoms with E-state index in [0.29, 0.717) is 13.0 Å². The minimum atomic E-state index is -2.06. The molecule has 0 spiro atoms. The van der Waals surface area contributed by atoms with Crippen molar-refractivity contribution in [3.05, 3.63) is 12.7 Å². The van der Waals surface area contributed by atoms with Gasteiger partial charge in [0.05, 0.1) is 66.4 Å². The summed E-state index contributed by atoms with van der Waals surface area (Å²) in [7, 11) is 4.76. The molecule has 4 heterocycles. The van der Waals surface area contributed by atoms with E-state index in [-0.39, 0.29) is 25.7 Å². The molecule has 4 aliphatic heterocycles. The predicted molar refractivity (Wildman–Crippen MR) is 221 cm³/mol. The van der Waals surface area contributed by atoms with Crippen molar-refractivity contribution in [3.63, 3.8) is 0 Å². The predicted octanol–water partition coefficient (Wildman–Crippen LogP) is 2.69. The monoisotopic (exact) mass is 881 g/mol. The van der Waals surface area contributed by atoms with Gasteiger partial charge in [0.15, 0.2) is 24.8 Å².